The van der Waals surface area contributed by atoms with Crippen LogP contribution < -0.4 is 15.8 Å². The van der Waals surface area contributed by atoms with Crippen LogP contribution in [0.5, 0.6) is 5.75 Å². The van der Waals surface area contributed by atoms with E-state index in [1.54, 1.807) is 13.3 Å². The number of aromatic nitrogens is 2. The van der Waals surface area contributed by atoms with E-state index in [0.29, 0.717) is 6.54 Å². The Kier molecular flexibility index (Phi) is 4.97. The highest BCUT2D eigenvalue weighted by atomic mass is 32.1. The first-order chi connectivity index (χ1) is 13.6. The van der Waals surface area contributed by atoms with Crippen LogP contribution in [-0.4, -0.2) is 27.7 Å². The Hall–Kier alpha value is -2.97. The van der Waals surface area contributed by atoms with Crippen molar-refractivity contribution in [3.8, 4) is 11.4 Å². The lowest BCUT2D eigenvalue weighted by Crippen LogP contribution is -2.40. The molecular weight excluding hydrogens is 372 g/mol. The molecule has 28 heavy (non-hydrogen) atoms. The third-order valence-electron chi connectivity index (χ3n) is 4.82. The second-order valence-corrected chi connectivity index (χ2v) is 7.08. The molecule has 4 rings (SSSR count). The number of methoxy groups -OCH3 is 1. The molecule has 144 valence electrons. The highest BCUT2D eigenvalue weighted by Gasteiger charge is 2.24. The monoisotopic (exact) mass is 394 g/mol. The topological polar surface area (TPSA) is 66.7 Å². The molecule has 0 fully saturated rings. The lowest BCUT2D eigenvalue weighted by Gasteiger charge is -2.19. The molecule has 0 bridgehead atoms. The molecule has 0 saturated carbocycles. The number of nitrogens with zero attached hydrogens (tertiary/aromatic N) is 4. The van der Waals surface area contributed by atoms with E-state index in [-0.39, 0.29) is 0 Å². The fourth-order valence-electron chi connectivity index (χ4n) is 3.03. The smallest absolute Gasteiger partial charge is 0.177 e. The van der Waals surface area contributed by atoms with Gasteiger partial charge in [0.15, 0.2) is 5.84 Å². The van der Waals surface area contributed by atoms with Crippen LogP contribution in [0.4, 0.5) is 0 Å². The zero-order valence-corrected chi connectivity index (χ0v) is 16.9. The van der Waals surface area contributed by atoms with Gasteiger partial charge < -0.3 is 4.74 Å². The number of benzene rings is 2. The molecule has 0 atom stereocenters. The summed E-state index contributed by atoms with van der Waals surface area (Å²) in [5, 5.41) is 11.5. The van der Waals surface area contributed by atoms with Crippen LogP contribution in [0, 0.1) is 13.8 Å². The molecule has 2 aromatic carbocycles. The lowest BCUT2D eigenvalue weighted by atomic mass is 10.1. The van der Waals surface area contributed by atoms with Gasteiger partial charge in [-0.15, -0.1) is 23.3 Å². The van der Waals surface area contributed by atoms with Crippen molar-refractivity contribution in [1.29, 1.82) is 0 Å². The summed E-state index contributed by atoms with van der Waals surface area (Å²) in [5.74, 6) is 1.56. The van der Waals surface area contributed by atoms with E-state index >= 15 is 0 Å². The molecule has 1 aliphatic heterocycles. The average Bonchev–Trinajstić information content (AvgIpc) is 3.31. The van der Waals surface area contributed by atoms with Gasteiger partial charge in [0.2, 0.25) is 0 Å². The Morgan fingerprint density at radius 3 is 2.57 bits per heavy atom. The molecule has 0 saturated heterocycles. The van der Waals surface area contributed by atoms with Crippen molar-refractivity contribution in [2.24, 2.45) is 5.10 Å². The first-order valence-corrected chi connectivity index (χ1v) is 9.35. The third-order valence-corrected chi connectivity index (χ3v) is 5.25. The summed E-state index contributed by atoms with van der Waals surface area (Å²) in [5.41, 5.74) is 11.3. The van der Waals surface area contributed by atoms with Gasteiger partial charge in [-0.3, -0.25) is 5.01 Å². The minimum atomic E-state index is 0.623. The zero-order chi connectivity index (χ0) is 19.7. The van der Waals surface area contributed by atoms with Gasteiger partial charge in [0, 0.05) is 0 Å². The maximum Gasteiger partial charge on any atom is 0.177 e. The minimum Gasteiger partial charge on any atom is -0.497 e. The van der Waals surface area contributed by atoms with E-state index in [9.17, 15) is 0 Å². The van der Waals surface area contributed by atoms with Gasteiger partial charge >= 0.3 is 0 Å². The molecule has 2 heterocycles. The van der Waals surface area contributed by atoms with Crippen molar-refractivity contribution < 1.29 is 4.74 Å². The highest BCUT2D eigenvalue weighted by Crippen LogP contribution is 2.23. The maximum absolute atomic E-state index is 5.22. The van der Waals surface area contributed by atoms with Gasteiger partial charge in [-0.1, -0.05) is 18.2 Å². The molecule has 3 aromatic rings. The standard InChI is InChI=1S/C20H22N6OS/c1-13-4-7-16(10-14(13)2)26-20(28)18(11-21-26)19-22-23-24-25(19)12-15-5-8-17(27-3)9-6-15/h4-11,23-24,28H,12H2,1-3H3. The predicted octanol–water partition coefficient (Wildman–Crippen LogP) is 2.97. The SMILES string of the molecule is COc1ccc(CN2NNN=C2c2cnn(-c3ccc(C)c(C)c3)c2S)cc1. The number of thiol groups is 1. The van der Waals surface area contributed by atoms with Gasteiger partial charge in [0.05, 0.1) is 31.1 Å². The summed E-state index contributed by atoms with van der Waals surface area (Å²) in [6.45, 7) is 4.81. The van der Waals surface area contributed by atoms with Crippen molar-refractivity contribution in [3.05, 3.63) is 70.9 Å². The molecule has 0 aliphatic carbocycles. The Bertz CT molecular complexity index is 1030. The molecule has 8 heteroatoms. The molecule has 1 aromatic heterocycles. The molecule has 0 amide bonds. The van der Waals surface area contributed by atoms with Crippen molar-refractivity contribution in [2.45, 2.75) is 25.4 Å². The number of aryl methyl sites for hydroxylation is 2. The van der Waals surface area contributed by atoms with Gasteiger partial charge in [-0.2, -0.15) is 5.10 Å². The van der Waals surface area contributed by atoms with Crippen molar-refractivity contribution in [2.75, 3.05) is 7.11 Å². The normalized spacial score (nSPS) is 13.4. The zero-order valence-electron chi connectivity index (χ0n) is 16.0. The van der Waals surface area contributed by atoms with Crippen LogP contribution in [0.15, 0.2) is 58.8 Å². The molecule has 0 spiro atoms. The number of hydrogen-bond acceptors (Lipinski definition) is 7. The number of amidine groups is 1. The number of hydrazine groups is 2. The maximum atomic E-state index is 5.22. The number of rotatable bonds is 5. The van der Waals surface area contributed by atoms with Crippen LogP contribution in [0.25, 0.3) is 5.69 Å². The second kappa shape index (κ2) is 7.57. The van der Waals surface area contributed by atoms with E-state index < -0.39 is 0 Å². The molecule has 0 radical (unpaired) electrons. The van der Waals surface area contributed by atoms with E-state index in [1.165, 1.54) is 11.1 Å². The number of hydrazone groups is 1. The van der Waals surface area contributed by atoms with Crippen LogP contribution >= 0.6 is 12.6 Å². The van der Waals surface area contributed by atoms with E-state index in [1.807, 2.05) is 40.0 Å². The Morgan fingerprint density at radius 1 is 1.07 bits per heavy atom. The van der Waals surface area contributed by atoms with E-state index in [4.69, 9.17) is 17.4 Å². The number of nitrogens with one attached hydrogen (secondary N) is 2. The van der Waals surface area contributed by atoms with Gasteiger partial charge in [-0.05, 0) is 54.8 Å². The van der Waals surface area contributed by atoms with Gasteiger partial charge in [0.25, 0.3) is 0 Å². The van der Waals surface area contributed by atoms with Crippen LogP contribution in [-0.2, 0) is 6.54 Å². The molecule has 1 aliphatic rings. The molecule has 2 N–H and O–H groups in total. The molecule has 7 nitrogen and oxygen atoms in total. The highest BCUT2D eigenvalue weighted by molar-refractivity contribution is 7.80. The van der Waals surface area contributed by atoms with Crippen molar-refractivity contribution in [1.82, 2.24) is 25.9 Å². The van der Waals surface area contributed by atoms with Gasteiger partial charge in [0.1, 0.15) is 10.8 Å². The Morgan fingerprint density at radius 2 is 1.86 bits per heavy atom. The fraction of sp³-hybridized carbons (Fsp3) is 0.200. The molecule has 0 unspecified atom stereocenters. The Balaban J connectivity index is 1.59. The average molecular weight is 395 g/mol. The molecular formula is C20H22N6OS. The van der Waals surface area contributed by atoms with Gasteiger partial charge in [-0.25, -0.2) is 10.2 Å². The minimum absolute atomic E-state index is 0.623. The predicted molar refractivity (Wildman–Crippen MR) is 112 cm³/mol. The number of ether oxygens (including phenoxy) is 1. The summed E-state index contributed by atoms with van der Waals surface area (Å²) in [7, 11) is 1.66. The van der Waals surface area contributed by atoms with Crippen LogP contribution in [0.2, 0.25) is 0 Å². The van der Waals surface area contributed by atoms with E-state index in [2.05, 4.69) is 47.2 Å². The summed E-state index contributed by atoms with van der Waals surface area (Å²) in [4.78, 5) is 0. The Labute approximate surface area is 169 Å². The van der Waals surface area contributed by atoms with E-state index in [0.717, 1.165) is 33.4 Å². The van der Waals surface area contributed by atoms with Crippen molar-refractivity contribution >= 4 is 18.5 Å². The first kappa shape index (κ1) is 18.4. The largest absolute Gasteiger partial charge is 0.497 e. The first-order valence-electron chi connectivity index (χ1n) is 8.90. The quantitative estimate of drug-likeness (QED) is 0.581. The summed E-state index contributed by atoms with van der Waals surface area (Å²) < 4.78 is 7.04. The summed E-state index contributed by atoms with van der Waals surface area (Å²) in [6.07, 6.45) is 1.78. The summed E-state index contributed by atoms with van der Waals surface area (Å²) >= 11 is 4.72. The third kappa shape index (κ3) is 3.44. The van der Waals surface area contributed by atoms with Crippen molar-refractivity contribution in [3.63, 3.8) is 0 Å². The second-order valence-electron chi connectivity index (χ2n) is 6.66. The van der Waals surface area contributed by atoms with Crippen LogP contribution in [0.1, 0.15) is 22.3 Å². The number of hydrogen-bond donors (Lipinski definition) is 3. The fourth-order valence-corrected chi connectivity index (χ4v) is 3.36. The van der Waals surface area contributed by atoms with Crippen LogP contribution in [0.3, 0.4) is 0 Å². The lowest BCUT2D eigenvalue weighted by molar-refractivity contribution is 0.287. The summed E-state index contributed by atoms with van der Waals surface area (Å²) in [6, 6.07) is 14.2.